The van der Waals surface area contributed by atoms with Crippen LogP contribution in [0.25, 0.3) is 22.5 Å². The average Bonchev–Trinajstić information content (AvgIpc) is 2.75. The van der Waals surface area contributed by atoms with Crippen LogP contribution in [0.15, 0.2) is 89.9 Å². The van der Waals surface area contributed by atoms with Crippen molar-refractivity contribution in [3.05, 3.63) is 95.5 Å². The second-order valence-corrected chi connectivity index (χ2v) is 6.57. The smallest absolute Gasteiger partial charge is 0.250 e. The zero-order valence-corrected chi connectivity index (χ0v) is 15.6. The van der Waals surface area contributed by atoms with Gasteiger partial charge in [0.15, 0.2) is 0 Å². The summed E-state index contributed by atoms with van der Waals surface area (Å²) in [5.74, 6) is 0.402. The van der Waals surface area contributed by atoms with E-state index in [4.69, 9.17) is 11.6 Å². The van der Waals surface area contributed by atoms with Gasteiger partial charge in [-0.3, -0.25) is 0 Å². The largest absolute Gasteiger partial charge is 0.507 e. The molecule has 136 valence electrons. The van der Waals surface area contributed by atoms with Gasteiger partial charge in [-0.25, -0.2) is 15.0 Å². The highest BCUT2D eigenvalue weighted by molar-refractivity contribution is 6.31. The highest BCUT2D eigenvalue weighted by Crippen LogP contribution is 2.33. The van der Waals surface area contributed by atoms with Crippen molar-refractivity contribution in [3.63, 3.8) is 0 Å². The van der Waals surface area contributed by atoms with Crippen molar-refractivity contribution in [3.8, 4) is 28.3 Å². The van der Waals surface area contributed by atoms with Crippen molar-refractivity contribution in [1.29, 1.82) is 0 Å². The van der Waals surface area contributed by atoms with Gasteiger partial charge in [0.25, 0.3) is 0 Å². The van der Waals surface area contributed by atoms with E-state index in [9.17, 15) is 5.11 Å². The van der Waals surface area contributed by atoms with Crippen LogP contribution < -0.4 is 0 Å². The third kappa shape index (κ3) is 4.08. The van der Waals surface area contributed by atoms with Crippen LogP contribution in [0.5, 0.6) is 5.75 Å². The van der Waals surface area contributed by atoms with Crippen molar-refractivity contribution in [2.24, 2.45) is 4.99 Å². The SMILES string of the molecule is Oc1ccc(Cl)cc1-c1cc(-c2ccccc2)nc(/N=C/c2ccccc2)n1. The van der Waals surface area contributed by atoms with Gasteiger partial charge in [0.1, 0.15) is 5.75 Å². The number of phenols is 1. The molecule has 0 aliphatic rings. The lowest BCUT2D eigenvalue weighted by Gasteiger charge is -2.08. The van der Waals surface area contributed by atoms with Gasteiger partial charge in [0, 0.05) is 22.4 Å². The number of halogens is 1. The Morgan fingerprint density at radius 3 is 2.21 bits per heavy atom. The summed E-state index contributed by atoms with van der Waals surface area (Å²) in [6.45, 7) is 0. The third-order valence-electron chi connectivity index (χ3n) is 4.15. The maximum absolute atomic E-state index is 10.3. The Bertz CT molecular complexity index is 1130. The molecule has 1 heterocycles. The van der Waals surface area contributed by atoms with Crippen molar-refractivity contribution < 1.29 is 5.11 Å². The van der Waals surface area contributed by atoms with Gasteiger partial charge in [-0.2, -0.15) is 0 Å². The first-order chi connectivity index (χ1) is 13.7. The fourth-order valence-electron chi connectivity index (χ4n) is 2.77. The third-order valence-corrected chi connectivity index (χ3v) is 4.38. The van der Waals surface area contributed by atoms with Crippen LogP contribution in [-0.2, 0) is 0 Å². The molecule has 1 N–H and O–H groups in total. The minimum Gasteiger partial charge on any atom is -0.507 e. The van der Waals surface area contributed by atoms with Crippen LogP contribution in [-0.4, -0.2) is 21.3 Å². The van der Waals surface area contributed by atoms with Crippen LogP contribution in [0.1, 0.15) is 5.56 Å². The first-order valence-electron chi connectivity index (χ1n) is 8.71. The highest BCUT2D eigenvalue weighted by atomic mass is 35.5. The topological polar surface area (TPSA) is 58.4 Å². The number of rotatable bonds is 4. The summed E-state index contributed by atoms with van der Waals surface area (Å²) in [6.07, 6.45) is 1.71. The van der Waals surface area contributed by atoms with Gasteiger partial charge >= 0.3 is 0 Å². The van der Waals surface area contributed by atoms with Gasteiger partial charge in [-0.05, 0) is 29.8 Å². The van der Waals surface area contributed by atoms with Gasteiger partial charge in [0.2, 0.25) is 5.95 Å². The minimum atomic E-state index is 0.0973. The summed E-state index contributed by atoms with van der Waals surface area (Å²) in [4.78, 5) is 13.5. The molecule has 4 nitrogen and oxygen atoms in total. The van der Waals surface area contributed by atoms with Crippen molar-refractivity contribution in [2.75, 3.05) is 0 Å². The number of aliphatic imine (C=N–C) groups is 1. The molecule has 28 heavy (non-hydrogen) atoms. The summed E-state index contributed by atoms with van der Waals surface area (Å²) >= 11 is 6.12. The fraction of sp³-hybridized carbons (Fsp3) is 0. The van der Waals surface area contributed by atoms with Gasteiger partial charge < -0.3 is 5.11 Å². The number of hydrogen-bond acceptors (Lipinski definition) is 4. The first-order valence-corrected chi connectivity index (χ1v) is 9.09. The van der Waals surface area contributed by atoms with Crippen LogP contribution in [0.4, 0.5) is 5.95 Å². The molecule has 4 aromatic rings. The second-order valence-electron chi connectivity index (χ2n) is 6.13. The van der Waals surface area contributed by atoms with E-state index in [1.165, 1.54) is 0 Å². The highest BCUT2D eigenvalue weighted by Gasteiger charge is 2.12. The maximum atomic E-state index is 10.3. The molecule has 0 unspecified atom stereocenters. The van der Waals surface area contributed by atoms with E-state index >= 15 is 0 Å². The molecule has 0 bridgehead atoms. The van der Waals surface area contributed by atoms with E-state index in [2.05, 4.69) is 15.0 Å². The Hall–Kier alpha value is -3.50. The van der Waals surface area contributed by atoms with Crippen molar-refractivity contribution >= 4 is 23.8 Å². The molecule has 5 heteroatoms. The lowest BCUT2D eigenvalue weighted by Crippen LogP contribution is -1.92. The molecule has 0 saturated carbocycles. The Kier molecular flexibility index (Phi) is 5.13. The van der Waals surface area contributed by atoms with Crippen LogP contribution in [0.2, 0.25) is 5.02 Å². The molecule has 0 radical (unpaired) electrons. The molecular weight excluding hydrogens is 370 g/mol. The maximum Gasteiger partial charge on any atom is 0.250 e. The molecule has 0 saturated heterocycles. The molecule has 0 aliphatic heterocycles. The zero-order valence-electron chi connectivity index (χ0n) is 14.8. The lowest BCUT2D eigenvalue weighted by molar-refractivity contribution is 0.477. The van der Waals surface area contributed by atoms with E-state index in [1.54, 1.807) is 24.4 Å². The normalized spacial score (nSPS) is 11.0. The first kappa shape index (κ1) is 17.9. The predicted octanol–water partition coefficient (Wildman–Crippen LogP) is 5.92. The number of aromatic nitrogens is 2. The molecule has 0 atom stereocenters. The number of nitrogens with zero attached hydrogens (tertiary/aromatic N) is 3. The summed E-state index contributed by atoms with van der Waals surface area (Å²) in [5, 5.41) is 10.8. The Labute approximate surface area is 167 Å². The number of phenolic OH excluding ortho intramolecular Hbond substituents is 1. The molecule has 0 aliphatic carbocycles. The standard InChI is InChI=1S/C23H16ClN3O/c24-18-11-12-22(28)19(13-18)21-14-20(17-9-5-2-6-10-17)26-23(27-21)25-15-16-7-3-1-4-8-16/h1-15,28H/b25-15+. The molecule has 1 aromatic heterocycles. The molecule has 3 aromatic carbocycles. The number of aromatic hydroxyl groups is 1. The molecule has 0 spiro atoms. The van der Waals surface area contributed by atoms with E-state index in [0.717, 1.165) is 11.1 Å². The Morgan fingerprint density at radius 1 is 0.786 bits per heavy atom. The lowest BCUT2D eigenvalue weighted by atomic mass is 10.1. The van der Waals surface area contributed by atoms with Gasteiger partial charge in [-0.1, -0.05) is 72.3 Å². The predicted molar refractivity (Wildman–Crippen MR) is 113 cm³/mol. The van der Waals surface area contributed by atoms with E-state index in [0.29, 0.717) is 27.9 Å². The molecular formula is C23H16ClN3O. The van der Waals surface area contributed by atoms with E-state index < -0.39 is 0 Å². The average molecular weight is 386 g/mol. The summed E-state index contributed by atoms with van der Waals surface area (Å²) in [6, 6.07) is 26.2. The number of hydrogen-bond donors (Lipinski definition) is 1. The minimum absolute atomic E-state index is 0.0973. The summed E-state index contributed by atoms with van der Waals surface area (Å²) < 4.78 is 0. The Morgan fingerprint density at radius 2 is 1.46 bits per heavy atom. The molecule has 4 rings (SSSR count). The fourth-order valence-corrected chi connectivity index (χ4v) is 2.94. The van der Waals surface area contributed by atoms with Crippen molar-refractivity contribution in [1.82, 2.24) is 9.97 Å². The van der Waals surface area contributed by atoms with E-state index in [1.807, 2.05) is 66.7 Å². The Balaban J connectivity index is 1.84. The quantitative estimate of drug-likeness (QED) is 0.443. The van der Waals surface area contributed by atoms with Crippen molar-refractivity contribution in [2.45, 2.75) is 0 Å². The zero-order chi connectivity index (χ0) is 19.3. The second kappa shape index (κ2) is 8.03. The van der Waals surface area contributed by atoms with Crippen LogP contribution >= 0.6 is 11.6 Å². The number of benzene rings is 3. The van der Waals surface area contributed by atoms with Crippen LogP contribution in [0.3, 0.4) is 0 Å². The van der Waals surface area contributed by atoms with Crippen LogP contribution in [0, 0.1) is 0 Å². The summed E-state index contributed by atoms with van der Waals surface area (Å²) in [7, 11) is 0. The van der Waals surface area contributed by atoms with Gasteiger partial charge in [-0.15, -0.1) is 0 Å². The molecule has 0 amide bonds. The van der Waals surface area contributed by atoms with Gasteiger partial charge in [0.05, 0.1) is 11.4 Å². The van der Waals surface area contributed by atoms with E-state index in [-0.39, 0.29) is 5.75 Å². The molecule has 0 fully saturated rings. The monoisotopic (exact) mass is 385 g/mol. The summed E-state index contributed by atoms with van der Waals surface area (Å²) in [5.41, 5.74) is 3.68.